The molecule has 0 aromatic heterocycles. The summed E-state index contributed by atoms with van der Waals surface area (Å²) < 4.78 is 6.02. The van der Waals surface area contributed by atoms with Crippen LogP contribution >= 0.6 is 22.6 Å². The number of phenolic OH excluding ortho intramolecular Hbond substituents is 1. The molecule has 0 spiro atoms. The highest BCUT2D eigenvalue weighted by Crippen LogP contribution is 2.64. The molecule has 39 heavy (non-hydrogen) atoms. The van der Waals surface area contributed by atoms with Crippen molar-refractivity contribution in [3.05, 3.63) is 63.2 Å². The Kier molecular flexibility index (Phi) is 6.13. The van der Waals surface area contributed by atoms with E-state index in [0.717, 1.165) is 11.1 Å². The smallest absolute Gasteiger partial charge is 0.241 e. The first kappa shape index (κ1) is 26.0. The largest absolute Gasteiger partial charge is 0.504 e. The highest BCUT2D eigenvalue weighted by molar-refractivity contribution is 14.1. The van der Waals surface area contributed by atoms with E-state index in [0.29, 0.717) is 28.6 Å². The number of likely N-dealkylation sites (tertiary alicyclic amines) is 1. The molecule has 1 saturated carbocycles. The van der Waals surface area contributed by atoms with Crippen LogP contribution < -0.4 is 9.64 Å². The van der Waals surface area contributed by atoms with E-state index in [1.165, 1.54) is 16.9 Å². The van der Waals surface area contributed by atoms with Gasteiger partial charge in [0.2, 0.25) is 23.6 Å². The van der Waals surface area contributed by atoms with Crippen molar-refractivity contribution < 1.29 is 29.0 Å². The van der Waals surface area contributed by atoms with Crippen molar-refractivity contribution in [2.24, 2.45) is 29.1 Å². The van der Waals surface area contributed by atoms with E-state index in [1.807, 2.05) is 47.7 Å². The van der Waals surface area contributed by atoms with E-state index in [2.05, 4.69) is 0 Å². The fourth-order valence-electron chi connectivity index (χ4n) is 7.51. The Bertz CT molecular complexity index is 1450. The van der Waals surface area contributed by atoms with Crippen molar-refractivity contribution in [2.75, 3.05) is 18.6 Å². The van der Waals surface area contributed by atoms with Gasteiger partial charge < -0.3 is 9.84 Å². The van der Waals surface area contributed by atoms with Gasteiger partial charge in [0.25, 0.3) is 0 Å². The zero-order chi connectivity index (χ0) is 27.8. The summed E-state index contributed by atoms with van der Waals surface area (Å²) in [6.07, 6.45) is 2.75. The highest BCUT2D eigenvalue weighted by atomic mass is 127. The molecule has 0 radical (unpaired) electrons. The first-order valence-corrected chi connectivity index (χ1v) is 14.3. The molecule has 4 amide bonds. The average Bonchev–Trinajstić information content (AvgIpc) is 3.29. The van der Waals surface area contributed by atoms with Crippen LogP contribution in [0.1, 0.15) is 38.2 Å². The van der Waals surface area contributed by atoms with E-state index < -0.39 is 29.1 Å². The summed E-state index contributed by atoms with van der Waals surface area (Å²) in [5.41, 5.74) is 1.02. The van der Waals surface area contributed by atoms with Gasteiger partial charge in [-0.3, -0.25) is 24.1 Å². The number of aromatic hydroxyl groups is 1. The molecule has 8 nitrogen and oxygen atoms in total. The molecule has 4 aliphatic rings. The van der Waals surface area contributed by atoms with Crippen molar-refractivity contribution in [3.63, 3.8) is 0 Å². The van der Waals surface area contributed by atoms with Crippen LogP contribution in [0.4, 0.5) is 5.69 Å². The third kappa shape index (κ3) is 3.47. The minimum atomic E-state index is -1.14. The topological polar surface area (TPSA) is 104 Å². The fourth-order valence-corrected chi connectivity index (χ4v) is 8.14. The summed E-state index contributed by atoms with van der Waals surface area (Å²) in [6, 6.07) is 12.5. The summed E-state index contributed by atoms with van der Waals surface area (Å²) >= 11 is 2.03. The number of hydrogen-bond donors (Lipinski definition) is 1. The van der Waals surface area contributed by atoms with Crippen molar-refractivity contribution in [1.82, 2.24) is 4.90 Å². The van der Waals surface area contributed by atoms with Gasteiger partial charge in [-0.2, -0.15) is 0 Å². The average molecular weight is 640 g/mol. The molecule has 6 atom stereocenters. The predicted octanol–water partition coefficient (Wildman–Crippen LogP) is 4.26. The van der Waals surface area contributed by atoms with Crippen LogP contribution in [0, 0.1) is 32.7 Å². The van der Waals surface area contributed by atoms with Gasteiger partial charge in [0.1, 0.15) is 0 Å². The van der Waals surface area contributed by atoms with Crippen LogP contribution in [-0.4, -0.2) is 47.3 Å². The number of fused-ring (bicyclic) bond motifs is 4. The van der Waals surface area contributed by atoms with Crippen LogP contribution in [-0.2, 0) is 19.2 Å². The molecule has 3 fully saturated rings. The zero-order valence-corrected chi connectivity index (χ0v) is 24.0. The number of amides is 4. The zero-order valence-electron chi connectivity index (χ0n) is 21.9. The minimum Gasteiger partial charge on any atom is -0.504 e. The number of rotatable bonds is 4. The van der Waals surface area contributed by atoms with Crippen molar-refractivity contribution in [3.8, 4) is 11.5 Å². The molecule has 2 saturated heterocycles. The lowest BCUT2D eigenvalue weighted by Gasteiger charge is -2.49. The third-order valence-electron chi connectivity index (χ3n) is 9.30. The van der Waals surface area contributed by atoms with Crippen molar-refractivity contribution in [1.29, 1.82) is 0 Å². The molecule has 6 rings (SSSR count). The third-order valence-corrected chi connectivity index (χ3v) is 10.1. The number of hydrogen-bond acceptors (Lipinski definition) is 6. The quantitative estimate of drug-likeness (QED) is 0.305. The Morgan fingerprint density at radius 2 is 1.77 bits per heavy atom. The monoisotopic (exact) mass is 640 g/mol. The first-order valence-electron chi connectivity index (χ1n) is 13.2. The summed E-state index contributed by atoms with van der Waals surface area (Å²) in [6.45, 7) is 3.95. The van der Waals surface area contributed by atoms with Crippen molar-refractivity contribution >= 4 is 51.9 Å². The Hall–Kier alpha value is -3.21. The molecule has 202 valence electrons. The molecule has 0 bridgehead atoms. The number of phenols is 1. The molecule has 2 aromatic carbocycles. The summed E-state index contributed by atoms with van der Waals surface area (Å²) in [5, 5.41) is 10.6. The van der Waals surface area contributed by atoms with Crippen molar-refractivity contribution in [2.45, 2.75) is 32.6 Å². The van der Waals surface area contributed by atoms with Gasteiger partial charge >= 0.3 is 0 Å². The second-order valence-corrected chi connectivity index (χ2v) is 12.1. The van der Waals surface area contributed by atoms with E-state index in [-0.39, 0.29) is 41.0 Å². The predicted molar refractivity (Wildman–Crippen MR) is 151 cm³/mol. The molecule has 2 aromatic rings. The van der Waals surface area contributed by atoms with Gasteiger partial charge in [0.05, 0.1) is 39.5 Å². The van der Waals surface area contributed by atoms with Crippen LogP contribution in [0.5, 0.6) is 11.5 Å². The maximum absolute atomic E-state index is 14.3. The second kappa shape index (κ2) is 9.18. The molecule has 0 unspecified atom stereocenters. The van der Waals surface area contributed by atoms with Crippen LogP contribution in [0.2, 0.25) is 0 Å². The van der Waals surface area contributed by atoms with Gasteiger partial charge in [-0.15, -0.1) is 0 Å². The number of methoxy groups -OCH3 is 1. The van der Waals surface area contributed by atoms with Gasteiger partial charge in [-0.25, -0.2) is 4.90 Å². The van der Waals surface area contributed by atoms with Gasteiger partial charge in [0, 0.05) is 12.5 Å². The van der Waals surface area contributed by atoms with E-state index >= 15 is 0 Å². The Morgan fingerprint density at radius 1 is 1.05 bits per heavy atom. The summed E-state index contributed by atoms with van der Waals surface area (Å²) in [7, 11) is 1.47. The number of benzene rings is 2. The summed E-state index contributed by atoms with van der Waals surface area (Å²) in [4.78, 5) is 57.7. The van der Waals surface area contributed by atoms with Crippen LogP contribution in [0.25, 0.3) is 0 Å². The lowest BCUT2D eigenvalue weighted by Crippen LogP contribution is -2.48. The number of allylic oxidation sites excluding steroid dienone is 2. The molecule has 2 aliphatic carbocycles. The van der Waals surface area contributed by atoms with Gasteiger partial charge in [-0.05, 0) is 85.0 Å². The molecule has 2 aliphatic heterocycles. The maximum Gasteiger partial charge on any atom is 0.241 e. The Labute approximate surface area is 240 Å². The number of para-hydroxylation sites is 1. The molecular weight excluding hydrogens is 611 g/mol. The molecule has 2 heterocycles. The molecular formula is C30H29IN2O6. The Balaban J connectivity index is 1.56. The first-order chi connectivity index (χ1) is 18.6. The van der Waals surface area contributed by atoms with Crippen LogP contribution in [0.3, 0.4) is 0 Å². The minimum absolute atomic E-state index is 0.00323. The number of anilines is 1. The van der Waals surface area contributed by atoms with Crippen LogP contribution in [0.15, 0.2) is 54.1 Å². The number of halogens is 1. The maximum atomic E-state index is 14.3. The molecule has 9 heteroatoms. The Morgan fingerprint density at radius 3 is 2.44 bits per heavy atom. The van der Waals surface area contributed by atoms with Gasteiger partial charge in [-0.1, -0.05) is 29.8 Å². The van der Waals surface area contributed by atoms with E-state index in [4.69, 9.17) is 4.74 Å². The summed E-state index contributed by atoms with van der Waals surface area (Å²) in [5.74, 6) is -3.26. The lowest BCUT2D eigenvalue weighted by atomic mass is 9.51. The number of nitrogens with zero attached hydrogens (tertiary/aromatic N) is 2. The fraction of sp³-hybridized carbons (Fsp3) is 0.400. The SMILES string of the molecule is CCN1C(=O)[C@H]2[C@H](CC=C3[C@H]2C[C@H]2C(=O)N(c4ccccc4)C(=O)[C@@]2(C)[C@H]3c2cc(I)c(O)c(OC)c2)C1=O. The molecule has 1 N–H and O–H groups in total. The standard InChI is InChI=1S/C30H29IN2O6/c1-4-32-26(35)18-11-10-17-19(23(18)28(32)37)14-20-27(36)33(16-8-6-5-7-9-16)29(38)30(20,2)24(17)15-12-21(31)25(34)22(13-15)39-3/h5-10,12-13,18-20,23-24,34H,4,11,14H2,1-3H3/t18-,19+,20-,23-,24-,30+/m0/s1. The second-order valence-electron chi connectivity index (χ2n) is 11.0. The number of carbonyl (C=O) groups is 4. The highest BCUT2D eigenvalue weighted by Gasteiger charge is 2.67. The number of carbonyl (C=O) groups excluding carboxylic acids is 4. The van der Waals surface area contributed by atoms with Gasteiger partial charge in [0.15, 0.2) is 11.5 Å². The number of ether oxygens (including phenoxy) is 1. The van der Waals surface area contributed by atoms with E-state index in [9.17, 15) is 24.3 Å². The number of imide groups is 2. The lowest BCUT2D eigenvalue weighted by molar-refractivity contribution is -0.140. The normalized spacial score (nSPS) is 31.7. The van der Waals surface area contributed by atoms with E-state index in [1.54, 1.807) is 37.3 Å².